The van der Waals surface area contributed by atoms with Crippen LogP contribution in [0.1, 0.15) is 30.8 Å². The van der Waals surface area contributed by atoms with Crippen LogP contribution in [0.3, 0.4) is 0 Å². The van der Waals surface area contributed by atoms with Crippen LogP contribution in [0.15, 0.2) is 24.3 Å². The summed E-state index contributed by atoms with van der Waals surface area (Å²) < 4.78 is 12.0. The van der Waals surface area contributed by atoms with Crippen molar-refractivity contribution in [2.75, 3.05) is 7.11 Å². The van der Waals surface area contributed by atoms with Gasteiger partial charge in [0, 0.05) is 15.0 Å². The summed E-state index contributed by atoms with van der Waals surface area (Å²) in [7, 11) is 1.61. The molecule has 0 atom stereocenters. The summed E-state index contributed by atoms with van der Waals surface area (Å²) in [6, 6.07) is 7.64. The number of hydrogen-bond acceptors (Lipinski definition) is 4. The van der Waals surface area contributed by atoms with Gasteiger partial charge < -0.3 is 9.47 Å². The Hall–Kier alpha value is -1.08. The summed E-state index contributed by atoms with van der Waals surface area (Å²) in [5.41, 5.74) is 2.53. The molecule has 0 aliphatic carbocycles. The van der Waals surface area contributed by atoms with Gasteiger partial charge in [-0.1, -0.05) is 66.2 Å². The lowest BCUT2D eigenvalue weighted by atomic mass is 10.1. The summed E-state index contributed by atoms with van der Waals surface area (Å²) in [5.74, 6) is 1.58. The predicted molar refractivity (Wildman–Crippen MR) is 101 cm³/mol. The highest BCUT2D eigenvalue weighted by Gasteiger charge is 2.16. The zero-order valence-electron chi connectivity index (χ0n) is 13.5. The molecule has 0 spiro atoms. The summed E-state index contributed by atoms with van der Waals surface area (Å²) in [6.07, 6.45) is 0.780. The first-order valence-electron chi connectivity index (χ1n) is 7.41. The summed E-state index contributed by atoms with van der Waals surface area (Å²) >= 11 is 8.43. The van der Waals surface area contributed by atoms with Crippen molar-refractivity contribution in [2.45, 2.75) is 31.3 Å². The van der Waals surface area contributed by atoms with Gasteiger partial charge in [-0.05, 0) is 18.4 Å². The number of benzene rings is 1. The molecular formula is C17H20ClIN2O2. The van der Waals surface area contributed by atoms with Crippen molar-refractivity contribution in [3.8, 4) is 11.8 Å². The number of nitrogens with zero attached hydrogens (tertiary/aromatic N) is 2. The molecule has 124 valence electrons. The molecule has 4 nitrogen and oxygen atoms in total. The van der Waals surface area contributed by atoms with Crippen LogP contribution in [0.4, 0.5) is 0 Å². The lowest BCUT2D eigenvalue weighted by Crippen LogP contribution is -2.09. The maximum Gasteiger partial charge on any atom is 0.236 e. The van der Waals surface area contributed by atoms with Gasteiger partial charge in [-0.2, -0.15) is 0 Å². The van der Waals surface area contributed by atoms with E-state index in [2.05, 4.69) is 46.4 Å². The SMILES string of the molecule is COc1nc(CC(C)C)c(OCc2ccccc2Cl)nc1CI. The van der Waals surface area contributed by atoms with Crippen LogP contribution in [-0.2, 0) is 17.5 Å². The van der Waals surface area contributed by atoms with E-state index in [0.717, 1.165) is 23.4 Å². The Morgan fingerprint density at radius 1 is 1.13 bits per heavy atom. The molecule has 23 heavy (non-hydrogen) atoms. The average Bonchev–Trinajstić information content (AvgIpc) is 2.54. The zero-order chi connectivity index (χ0) is 16.8. The fourth-order valence-electron chi connectivity index (χ4n) is 2.12. The van der Waals surface area contributed by atoms with Crippen molar-refractivity contribution >= 4 is 34.2 Å². The van der Waals surface area contributed by atoms with Gasteiger partial charge in [0.2, 0.25) is 11.8 Å². The molecule has 2 rings (SSSR count). The van der Waals surface area contributed by atoms with Crippen LogP contribution in [0.2, 0.25) is 5.02 Å². The Morgan fingerprint density at radius 2 is 1.83 bits per heavy atom. The average molecular weight is 447 g/mol. The number of alkyl halides is 1. The first-order chi connectivity index (χ1) is 11.0. The molecule has 0 aliphatic heterocycles. The maximum absolute atomic E-state index is 6.18. The Balaban J connectivity index is 2.29. The molecule has 0 aliphatic rings. The topological polar surface area (TPSA) is 44.2 Å². The molecule has 1 heterocycles. The Morgan fingerprint density at radius 3 is 2.43 bits per heavy atom. The second-order valence-corrected chi connectivity index (χ2v) is 6.71. The van der Waals surface area contributed by atoms with Crippen LogP contribution < -0.4 is 9.47 Å². The molecule has 0 saturated carbocycles. The highest BCUT2D eigenvalue weighted by Crippen LogP contribution is 2.26. The number of aromatic nitrogens is 2. The molecule has 0 bridgehead atoms. The van der Waals surface area contributed by atoms with Crippen molar-refractivity contribution in [1.29, 1.82) is 0 Å². The third-order valence-electron chi connectivity index (χ3n) is 3.21. The van der Waals surface area contributed by atoms with E-state index in [1.165, 1.54) is 0 Å². The third-order valence-corrected chi connectivity index (χ3v) is 4.30. The van der Waals surface area contributed by atoms with E-state index in [1.54, 1.807) is 7.11 Å². The van der Waals surface area contributed by atoms with Gasteiger partial charge in [-0.3, -0.25) is 0 Å². The number of methoxy groups -OCH3 is 1. The highest BCUT2D eigenvalue weighted by atomic mass is 127. The largest absolute Gasteiger partial charge is 0.480 e. The van der Waals surface area contributed by atoms with Crippen molar-refractivity contribution in [3.05, 3.63) is 46.2 Å². The van der Waals surface area contributed by atoms with E-state index in [4.69, 9.17) is 21.1 Å². The molecule has 0 saturated heterocycles. The quantitative estimate of drug-likeness (QED) is 0.450. The third kappa shape index (κ3) is 4.94. The van der Waals surface area contributed by atoms with Gasteiger partial charge in [0.15, 0.2) is 0 Å². The van der Waals surface area contributed by atoms with Gasteiger partial charge in [-0.25, -0.2) is 9.97 Å². The minimum Gasteiger partial charge on any atom is -0.480 e. The van der Waals surface area contributed by atoms with Crippen molar-refractivity contribution in [3.63, 3.8) is 0 Å². The fourth-order valence-corrected chi connectivity index (χ4v) is 2.80. The van der Waals surface area contributed by atoms with E-state index >= 15 is 0 Å². The van der Waals surface area contributed by atoms with Gasteiger partial charge in [0.05, 0.1) is 7.11 Å². The molecule has 0 amide bonds. The Labute approximate surface area is 155 Å². The van der Waals surface area contributed by atoms with Crippen LogP contribution in [0.5, 0.6) is 11.8 Å². The first-order valence-corrected chi connectivity index (χ1v) is 9.31. The van der Waals surface area contributed by atoms with Crippen molar-refractivity contribution in [1.82, 2.24) is 9.97 Å². The van der Waals surface area contributed by atoms with Gasteiger partial charge >= 0.3 is 0 Å². The monoisotopic (exact) mass is 446 g/mol. The summed E-state index contributed by atoms with van der Waals surface area (Å²) in [6.45, 7) is 4.64. The lowest BCUT2D eigenvalue weighted by molar-refractivity contribution is 0.282. The molecule has 2 aromatic rings. The second kappa shape index (κ2) is 8.68. The Bertz CT molecular complexity index is 665. The van der Waals surface area contributed by atoms with Crippen LogP contribution >= 0.6 is 34.2 Å². The normalized spacial score (nSPS) is 10.9. The van der Waals surface area contributed by atoms with E-state index in [9.17, 15) is 0 Å². The van der Waals surface area contributed by atoms with E-state index in [1.807, 2.05) is 24.3 Å². The van der Waals surface area contributed by atoms with Crippen LogP contribution in [0, 0.1) is 5.92 Å². The molecule has 0 fully saturated rings. The predicted octanol–water partition coefficient (Wildman–Crippen LogP) is 4.85. The molecule has 1 aromatic carbocycles. The first kappa shape index (κ1) is 18.3. The smallest absolute Gasteiger partial charge is 0.236 e. The minimum atomic E-state index is 0.368. The lowest BCUT2D eigenvalue weighted by Gasteiger charge is -2.15. The van der Waals surface area contributed by atoms with Crippen molar-refractivity contribution in [2.24, 2.45) is 5.92 Å². The molecule has 0 unspecified atom stereocenters. The molecule has 0 radical (unpaired) electrons. The molecule has 0 N–H and O–H groups in total. The molecule has 6 heteroatoms. The van der Waals surface area contributed by atoms with Gasteiger partial charge in [0.1, 0.15) is 18.0 Å². The molecular weight excluding hydrogens is 427 g/mol. The second-order valence-electron chi connectivity index (χ2n) is 5.54. The van der Waals surface area contributed by atoms with Crippen molar-refractivity contribution < 1.29 is 9.47 Å². The van der Waals surface area contributed by atoms with E-state index in [-0.39, 0.29) is 0 Å². The number of rotatable bonds is 7. The minimum absolute atomic E-state index is 0.368. The van der Waals surface area contributed by atoms with Crippen LogP contribution in [-0.4, -0.2) is 17.1 Å². The van der Waals surface area contributed by atoms with E-state index < -0.39 is 0 Å². The van der Waals surface area contributed by atoms with Gasteiger partial charge in [0.25, 0.3) is 0 Å². The zero-order valence-corrected chi connectivity index (χ0v) is 16.4. The Kier molecular flexibility index (Phi) is 6.89. The molecule has 1 aromatic heterocycles. The number of halogens is 2. The summed E-state index contributed by atoms with van der Waals surface area (Å²) in [5, 5.41) is 0.688. The summed E-state index contributed by atoms with van der Waals surface area (Å²) in [4.78, 5) is 9.19. The number of ether oxygens (including phenoxy) is 2. The van der Waals surface area contributed by atoms with Crippen LogP contribution in [0.25, 0.3) is 0 Å². The highest BCUT2D eigenvalue weighted by molar-refractivity contribution is 14.1. The standard InChI is InChI=1S/C17H20ClIN2O2/c1-11(2)8-14-17(21-15(9-19)16(20-14)22-3)23-10-12-6-4-5-7-13(12)18/h4-7,11H,8-10H2,1-3H3. The number of hydrogen-bond donors (Lipinski definition) is 0. The fraction of sp³-hybridized carbons (Fsp3) is 0.412. The van der Waals surface area contributed by atoms with Gasteiger partial charge in [-0.15, -0.1) is 0 Å². The van der Waals surface area contributed by atoms with E-state index in [0.29, 0.717) is 33.7 Å². The maximum atomic E-state index is 6.18.